The van der Waals surface area contributed by atoms with Crippen molar-refractivity contribution in [2.24, 2.45) is 0 Å². The van der Waals surface area contributed by atoms with Gasteiger partial charge in [0.15, 0.2) is 0 Å². The first kappa shape index (κ1) is 37.2. The standard InChI is InChI=1S/C25H17N3.C10H8N2.ClH.F6P.Ru/c1-2-8-19-15-20(12-11-18(19)7-1)21-16-24(22-9-3-5-13-26-22)28-25(17-21)23-10-4-6-14-27-23;1-3-7-11-9(5-1)10-6-2-4-8-12-10;;1-7(2,3,4,5)6;/h1-17H;1-8H;1H;;/q;;;-1;+1/p-1. The molecule has 0 saturated heterocycles. The molecule has 0 saturated carbocycles. The predicted octanol–water partition coefficient (Wildman–Crippen LogP) is 12.2. The fraction of sp³-hybridized carbons (Fsp3) is 0. The number of hydrogen-bond donors (Lipinski definition) is 0. The minimum Gasteiger partial charge on any atom is -0.255 e. The monoisotopic (exact) mass is 797 g/mol. The van der Waals surface area contributed by atoms with Gasteiger partial charge in [-0.15, -0.1) is 0 Å². The van der Waals surface area contributed by atoms with Gasteiger partial charge >= 0.3 is 60.0 Å². The summed E-state index contributed by atoms with van der Waals surface area (Å²) in [4.78, 5) is 22.2. The summed E-state index contributed by atoms with van der Waals surface area (Å²) < 4.78 is 59.2. The summed E-state index contributed by atoms with van der Waals surface area (Å²) in [5.41, 5.74) is 7.46. The number of fused-ring (bicyclic) bond motifs is 1. The van der Waals surface area contributed by atoms with Crippen LogP contribution in [0.5, 0.6) is 0 Å². The molecule has 5 nitrogen and oxygen atoms in total. The van der Waals surface area contributed by atoms with Gasteiger partial charge in [-0.3, -0.25) is 19.9 Å². The maximum Gasteiger partial charge on any atom is 0.0900 e. The van der Waals surface area contributed by atoms with Crippen molar-refractivity contribution in [1.82, 2.24) is 24.9 Å². The molecule has 0 atom stereocenters. The van der Waals surface area contributed by atoms with E-state index in [1.807, 2.05) is 90.1 Å². The first-order valence-electron chi connectivity index (χ1n) is 14.1. The second-order valence-corrected chi connectivity index (χ2v) is 11.9. The van der Waals surface area contributed by atoms with Crippen molar-refractivity contribution in [2.75, 3.05) is 0 Å². The Hall–Kier alpha value is -4.63. The maximum atomic E-state index is 9.87. The largest absolute Gasteiger partial charge is 0.255 e. The Morgan fingerprint density at radius 2 is 0.735 bits per heavy atom. The Bertz CT molecular complexity index is 1980. The number of hydrogen-bond acceptors (Lipinski definition) is 5. The van der Waals surface area contributed by atoms with Crippen molar-refractivity contribution in [3.63, 3.8) is 0 Å². The fourth-order valence-electron chi connectivity index (χ4n) is 4.39. The molecule has 2 aromatic carbocycles. The number of halogens is 7. The van der Waals surface area contributed by atoms with E-state index in [9.17, 15) is 25.2 Å². The summed E-state index contributed by atoms with van der Waals surface area (Å²) in [6.45, 7) is 0. The smallest absolute Gasteiger partial charge is 0.0900 e. The van der Waals surface area contributed by atoms with Crippen molar-refractivity contribution in [1.29, 1.82) is 0 Å². The van der Waals surface area contributed by atoms with Crippen molar-refractivity contribution < 1.29 is 42.5 Å². The second kappa shape index (κ2) is 15.7. The van der Waals surface area contributed by atoms with Gasteiger partial charge in [0.1, 0.15) is 0 Å². The van der Waals surface area contributed by atoms with Crippen LogP contribution in [0.3, 0.4) is 0 Å². The molecule has 0 fully saturated rings. The van der Waals surface area contributed by atoms with Gasteiger partial charge in [0.05, 0.1) is 34.2 Å². The first-order valence-corrected chi connectivity index (χ1v) is 18.4. The molecule has 253 valence electrons. The van der Waals surface area contributed by atoms with Crippen LogP contribution in [-0.4, -0.2) is 24.9 Å². The number of nitrogens with zero attached hydrogens (tertiary/aromatic N) is 5. The van der Waals surface area contributed by atoms with Gasteiger partial charge in [-0.05, 0) is 88.6 Å². The molecule has 0 spiro atoms. The molecule has 7 rings (SSSR count). The number of pyridine rings is 5. The quantitative estimate of drug-likeness (QED) is 0.101. The molecule has 0 unspecified atom stereocenters. The van der Waals surface area contributed by atoms with Crippen LogP contribution >= 0.6 is 17.5 Å². The molecule has 0 radical (unpaired) electrons. The number of aromatic nitrogens is 5. The summed E-state index contributed by atoms with van der Waals surface area (Å²) >= 11 is 1.82. The van der Waals surface area contributed by atoms with Gasteiger partial charge in [0.2, 0.25) is 0 Å². The van der Waals surface area contributed by atoms with Crippen molar-refractivity contribution in [3.8, 4) is 45.3 Å². The van der Waals surface area contributed by atoms with Crippen LogP contribution in [0.2, 0.25) is 0 Å². The summed E-state index contributed by atoms with van der Waals surface area (Å²) in [5.74, 6) is 0. The molecule has 0 bridgehead atoms. The third kappa shape index (κ3) is 13.1. The zero-order valence-electron chi connectivity index (χ0n) is 25.1. The van der Waals surface area contributed by atoms with E-state index in [-0.39, 0.29) is 0 Å². The van der Waals surface area contributed by atoms with E-state index in [0.29, 0.717) is 0 Å². The summed E-state index contributed by atoms with van der Waals surface area (Å²) in [5, 5.41) is 2.45. The van der Waals surface area contributed by atoms with Crippen LogP contribution in [0.1, 0.15) is 0 Å². The molecule has 0 aliphatic heterocycles. The van der Waals surface area contributed by atoms with Crippen molar-refractivity contribution in [2.45, 2.75) is 0 Å². The van der Waals surface area contributed by atoms with Gasteiger partial charge in [-0.25, -0.2) is 4.98 Å². The predicted molar refractivity (Wildman–Crippen MR) is 181 cm³/mol. The summed E-state index contributed by atoms with van der Waals surface area (Å²) in [6.07, 6.45) is 7.12. The van der Waals surface area contributed by atoms with Gasteiger partial charge < -0.3 is 0 Å². The molecule has 0 N–H and O–H groups in total. The molecule has 5 aromatic heterocycles. The zero-order chi connectivity index (χ0) is 35.4. The molecule has 49 heavy (non-hydrogen) atoms. The van der Waals surface area contributed by atoms with E-state index in [0.717, 1.165) is 45.3 Å². The van der Waals surface area contributed by atoms with Gasteiger partial charge in [-0.1, -0.05) is 60.7 Å². The number of benzene rings is 2. The van der Waals surface area contributed by atoms with E-state index in [1.165, 1.54) is 10.8 Å². The SMILES string of the molecule is F[P-](F)(F)(F)(F)F.[Cl][Ru].c1ccc(-c2cc(-c3ccc4ccccc4c3)cc(-c3ccccn3)n2)nc1.c1ccc(-c2ccccn2)nc1. The third-order valence-electron chi connectivity index (χ3n) is 6.36. The van der Waals surface area contributed by atoms with Crippen LogP contribution < -0.4 is 0 Å². The first-order chi connectivity index (χ1) is 23.3. The van der Waals surface area contributed by atoms with Gasteiger partial charge in [0, 0.05) is 24.8 Å². The van der Waals surface area contributed by atoms with E-state index >= 15 is 0 Å². The molecule has 0 aliphatic carbocycles. The molecule has 0 amide bonds. The molecular weight excluding hydrogens is 772 g/mol. The van der Waals surface area contributed by atoms with Crippen LogP contribution in [0.15, 0.2) is 152 Å². The molecule has 0 aliphatic rings. The molecule has 7 aromatic rings. The second-order valence-electron chi connectivity index (χ2n) is 10.0. The van der Waals surface area contributed by atoms with Crippen molar-refractivity contribution in [3.05, 3.63) is 152 Å². The summed E-state index contributed by atoms with van der Waals surface area (Å²) in [6, 6.07) is 42.5. The van der Waals surface area contributed by atoms with Gasteiger partial charge in [0.25, 0.3) is 0 Å². The Morgan fingerprint density at radius 3 is 1.10 bits per heavy atom. The fourth-order valence-corrected chi connectivity index (χ4v) is 4.39. The van der Waals surface area contributed by atoms with E-state index in [4.69, 9.17) is 4.98 Å². The molecule has 14 heteroatoms. The maximum absolute atomic E-state index is 10.7. The van der Waals surface area contributed by atoms with E-state index in [1.54, 1.807) is 24.8 Å². The zero-order valence-corrected chi connectivity index (χ0v) is 28.5. The van der Waals surface area contributed by atoms with Crippen LogP contribution in [0, 0.1) is 0 Å². The molecule has 5 heterocycles. The summed E-state index contributed by atoms with van der Waals surface area (Å²) in [7, 11) is -6.09. The Balaban J connectivity index is 0.000000212. The third-order valence-corrected chi connectivity index (χ3v) is 6.36. The average molecular weight is 797 g/mol. The van der Waals surface area contributed by atoms with Crippen molar-refractivity contribution >= 4 is 28.3 Å². The van der Waals surface area contributed by atoms with E-state index in [2.05, 4.69) is 84.2 Å². The Kier molecular flexibility index (Phi) is 11.9. The van der Waals surface area contributed by atoms with Gasteiger partial charge in [-0.2, -0.15) is 0 Å². The average Bonchev–Trinajstić information content (AvgIpc) is 3.12. The molecular formula is C35H25ClF6N5PRu-. The normalized spacial score (nSPS) is 12.0. The van der Waals surface area contributed by atoms with Crippen LogP contribution in [0.25, 0.3) is 56.1 Å². The number of rotatable bonds is 4. The van der Waals surface area contributed by atoms with E-state index < -0.39 is 7.81 Å². The topological polar surface area (TPSA) is 64.5 Å². The van der Waals surface area contributed by atoms with Crippen LogP contribution in [-0.2, 0) is 17.3 Å². The minimum atomic E-state index is -10.7. The Morgan fingerprint density at radius 1 is 0.388 bits per heavy atom. The Labute approximate surface area is 292 Å². The van der Waals surface area contributed by atoms with Crippen LogP contribution in [0.4, 0.5) is 25.2 Å². The minimum absolute atomic E-state index is 0.840.